The molecule has 5 aromatic carbocycles. The largest absolute Gasteiger partial charge is 0.508 e. The van der Waals surface area contributed by atoms with Gasteiger partial charge < -0.3 is 36.0 Å². The summed E-state index contributed by atoms with van der Waals surface area (Å²) < 4.78 is 5.82. The number of para-hydroxylation sites is 1. The third-order valence-electron chi connectivity index (χ3n) is 8.28. The van der Waals surface area contributed by atoms with Crippen molar-refractivity contribution in [3.05, 3.63) is 160 Å². The zero-order valence-electron chi connectivity index (χ0n) is 28.0. The molecular formula is C41H43N3O6. The van der Waals surface area contributed by atoms with Crippen molar-refractivity contribution in [2.45, 2.75) is 51.6 Å². The molecule has 258 valence electrons. The van der Waals surface area contributed by atoms with E-state index in [9.17, 15) is 24.9 Å². The molecule has 5 aromatic rings. The molecule has 0 aliphatic heterocycles. The lowest BCUT2D eigenvalue weighted by Gasteiger charge is -2.18. The normalized spacial score (nSPS) is 12.1. The summed E-state index contributed by atoms with van der Waals surface area (Å²) in [4.78, 5) is 25.5. The van der Waals surface area contributed by atoms with E-state index in [-0.39, 0.29) is 36.6 Å². The Labute approximate surface area is 292 Å². The lowest BCUT2D eigenvalue weighted by atomic mass is 10.0. The van der Waals surface area contributed by atoms with Gasteiger partial charge in [-0.1, -0.05) is 72.8 Å². The van der Waals surface area contributed by atoms with Gasteiger partial charge in [-0.2, -0.15) is 0 Å². The fraction of sp³-hybridized carbons (Fsp3) is 0.220. The second kappa shape index (κ2) is 17.8. The van der Waals surface area contributed by atoms with Gasteiger partial charge in [0.25, 0.3) is 5.91 Å². The summed E-state index contributed by atoms with van der Waals surface area (Å²) in [6.45, 7) is 2.77. The molecule has 0 radical (unpaired) electrons. The highest BCUT2D eigenvalue weighted by atomic mass is 16.5. The number of aliphatic hydroxyl groups is 2. The van der Waals surface area contributed by atoms with Gasteiger partial charge in [0.1, 0.15) is 17.2 Å². The van der Waals surface area contributed by atoms with E-state index in [0.717, 1.165) is 33.8 Å². The Bertz CT molecular complexity index is 1850. The number of benzene rings is 5. The highest BCUT2D eigenvalue weighted by molar-refractivity contribution is 5.94. The molecule has 5 rings (SSSR count). The van der Waals surface area contributed by atoms with Crippen LogP contribution in [-0.4, -0.2) is 39.7 Å². The summed E-state index contributed by atoms with van der Waals surface area (Å²) in [7, 11) is 0. The lowest BCUT2D eigenvalue weighted by molar-refractivity contribution is -0.120. The van der Waals surface area contributed by atoms with Crippen molar-refractivity contribution in [2.24, 2.45) is 0 Å². The molecule has 0 bridgehead atoms. The Morgan fingerprint density at radius 1 is 0.720 bits per heavy atom. The molecule has 0 heterocycles. The third-order valence-corrected chi connectivity index (χ3v) is 8.28. The molecule has 0 saturated heterocycles. The second-order valence-corrected chi connectivity index (χ2v) is 12.3. The molecule has 0 spiro atoms. The van der Waals surface area contributed by atoms with E-state index >= 15 is 0 Å². The van der Waals surface area contributed by atoms with Gasteiger partial charge in [0.15, 0.2) is 0 Å². The predicted molar refractivity (Wildman–Crippen MR) is 193 cm³/mol. The number of ether oxygens (including phenoxy) is 1. The molecular weight excluding hydrogens is 630 g/mol. The maximum Gasteiger partial charge on any atom is 0.251 e. The van der Waals surface area contributed by atoms with E-state index in [2.05, 4.69) is 16.0 Å². The van der Waals surface area contributed by atoms with Gasteiger partial charge in [-0.3, -0.25) is 9.59 Å². The van der Waals surface area contributed by atoms with Gasteiger partial charge in [0.2, 0.25) is 5.91 Å². The average molecular weight is 674 g/mol. The Morgan fingerprint density at radius 3 is 2.10 bits per heavy atom. The Kier molecular flexibility index (Phi) is 12.7. The SMILES string of the molecule is CC(Cc1cccc(CC(=O)NCc2ccc(C(=O)NCc3ccc(Oc4ccccc4)cc3)cc2)c1)NC[C@H](O)c1ccc(O)c(CO)c1. The topological polar surface area (TPSA) is 140 Å². The van der Waals surface area contributed by atoms with Crippen LogP contribution < -0.4 is 20.7 Å². The zero-order valence-corrected chi connectivity index (χ0v) is 28.0. The fourth-order valence-electron chi connectivity index (χ4n) is 5.47. The first-order chi connectivity index (χ1) is 24.2. The number of hydrogen-bond donors (Lipinski definition) is 6. The minimum Gasteiger partial charge on any atom is -0.508 e. The fourth-order valence-corrected chi connectivity index (χ4v) is 5.47. The van der Waals surface area contributed by atoms with Crippen LogP contribution in [0.25, 0.3) is 0 Å². The molecule has 0 aliphatic rings. The van der Waals surface area contributed by atoms with Gasteiger partial charge in [-0.05, 0) is 89.7 Å². The number of carbonyl (C=O) groups excluding carboxylic acids is 2. The van der Waals surface area contributed by atoms with Gasteiger partial charge in [0.05, 0.1) is 19.1 Å². The molecule has 0 aliphatic carbocycles. The molecule has 2 amide bonds. The van der Waals surface area contributed by atoms with Crippen molar-refractivity contribution in [1.82, 2.24) is 16.0 Å². The quantitative estimate of drug-likeness (QED) is 0.0788. The van der Waals surface area contributed by atoms with Crippen LogP contribution in [0.3, 0.4) is 0 Å². The van der Waals surface area contributed by atoms with Crippen LogP contribution in [0.15, 0.2) is 121 Å². The Hall–Kier alpha value is -5.48. The Morgan fingerprint density at radius 2 is 1.38 bits per heavy atom. The number of hydrogen-bond acceptors (Lipinski definition) is 7. The number of phenols is 1. The van der Waals surface area contributed by atoms with Crippen LogP contribution in [0.2, 0.25) is 0 Å². The summed E-state index contributed by atoms with van der Waals surface area (Å²) in [6.07, 6.45) is 0.153. The summed E-state index contributed by atoms with van der Waals surface area (Å²) in [5.74, 6) is 1.20. The minimum absolute atomic E-state index is 0.000701. The summed E-state index contributed by atoms with van der Waals surface area (Å²) in [5, 5.41) is 38.9. The summed E-state index contributed by atoms with van der Waals surface area (Å²) >= 11 is 0. The maximum atomic E-state index is 12.8. The van der Waals surface area contributed by atoms with Crippen molar-refractivity contribution in [3.8, 4) is 17.2 Å². The number of nitrogens with one attached hydrogen (secondary N) is 3. The van der Waals surface area contributed by atoms with E-state index in [1.54, 1.807) is 24.3 Å². The zero-order chi connectivity index (χ0) is 35.3. The second-order valence-electron chi connectivity index (χ2n) is 12.3. The van der Waals surface area contributed by atoms with Crippen LogP contribution in [0, 0.1) is 0 Å². The molecule has 0 aromatic heterocycles. The molecule has 0 fully saturated rings. The van der Waals surface area contributed by atoms with E-state index in [0.29, 0.717) is 42.7 Å². The molecule has 6 N–H and O–H groups in total. The van der Waals surface area contributed by atoms with E-state index in [1.807, 2.05) is 97.9 Å². The first-order valence-electron chi connectivity index (χ1n) is 16.6. The standard InChI is InChI=1S/C41H43N3O6/c1-28(42-26-39(47)34-16-19-38(46)35(23-34)27-45)20-31-6-5-7-32(21-31)22-40(48)43-24-29-10-14-33(15-11-29)41(49)44-25-30-12-17-37(18-13-30)50-36-8-3-2-4-9-36/h2-19,21,23,28,39,42,45-47H,20,22,24-27H2,1H3,(H,43,48)(H,44,49)/t28?,39-/m0/s1. The smallest absolute Gasteiger partial charge is 0.251 e. The number of aliphatic hydroxyl groups excluding tert-OH is 2. The molecule has 1 unspecified atom stereocenters. The van der Waals surface area contributed by atoms with E-state index in [1.165, 1.54) is 6.07 Å². The molecule has 9 nitrogen and oxygen atoms in total. The van der Waals surface area contributed by atoms with Crippen molar-refractivity contribution in [2.75, 3.05) is 6.54 Å². The van der Waals surface area contributed by atoms with Crippen LogP contribution in [0.4, 0.5) is 0 Å². The van der Waals surface area contributed by atoms with Crippen LogP contribution in [0.5, 0.6) is 17.2 Å². The van der Waals surface area contributed by atoms with Crippen molar-refractivity contribution >= 4 is 11.8 Å². The summed E-state index contributed by atoms with van der Waals surface area (Å²) in [6, 6.07) is 37.0. The first-order valence-corrected chi connectivity index (χ1v) is 16.6. The number of aromatic hydroxyl groups is 1. The van der Waals surface area contributed by atoms with E-state index < -0.39 is 6.10 Å². The molecule has 2 atom stereocenters. The van der Waals surface area contributed by atoms with Crippen LogP contribution in [-0.2, 0) is 37.3 Å². The van der Waals surface area contributed by atoms with Crippen LogP contribution >= 0.6 is 0 Å². The predicted octanol–water partition coefficient (Wildman–Crippen LogP) is 5.72. The third kappa shape index (κ3) is 10.8. The maximum absolute atomic E-state index is 12.8. The highest BCUT2D eigenvalue weighted by Crippen LogP contribution is 2.23. The van der Waals surface area contributed by atoms with Crippen molar-refractivity contribution in [1.29, 1.82) is 0 Å². The molecule has 0 saturated carbocycles. The number of carbonyl (C=O) groups is 2. The van der Waals surface area contributed by atoms with Gasteiger partial charge in [-0.25, -0.2) is 0 Å². The average Bonchev–Trinajstić information content (AvgIpc) is 3.13. The van der Waals surface area contributed by atoms with Crippen molar-refractivity contribution in [3.63, 3.8) is 0 Å². The van der Waals surface area contributed by atoms with Crippen LogP contribution in [0.1, 0.15) is 56.8 Å². The van der Waals surface area contributed by atoms with E-state index in [4.69, 9.17) is 4.74 Å². The van der Waals surface area contributed by atoms with Gasteiger partial charge in [0, 0.05) is 36.8 Å². The molecule has 50 heavy (non-hydrogen) atoms. The first kappa shape index (κ1) is 35.8. The molecule has 9 heteroatoms. The van der Waals surface area contributed by atoms with Gasteiger partial charge >= 0.3 is 0 Å². The lowest BCUT2D eigenvalue weighted by Crippen LogP contribution is -2.32. The van der Waals surface area contributed by atoms with Gasteiger partial charge in [-0.15, -0.1) is 0 Å². The number of amides is 2. The summed E-state index contributed by atoms with van der Waals surface area (Å²) in [5.41, 5.74) is 5.34. The monoisotopic (exact) mass is 673 g/mol. The minimum atomic E-state index is -0.789. The highest BCUT2D eigenvalue weighted by Gasteiger charge is 2.13. The Balaban J connectivity index is 1.02. The van der Waals surface area contributed by atoms with Crippen molar-refractivity contribution < 1.29 is 29.6 Å². The number of rotatable bonds is 16.